The fraction of sp³-hybridized carbons (Fsp3) is 0.750. The van der Waals surface area contributed by atoms with Gasteiger partial charge in [-0.1, -0.05) is 101 Å². The van der Waals surface area contributed by atoms with Crippen molar-refractivity contribution in [1.82, 2.24) is 6.15 Å². The molecule has 0 aliphatic heterocycles. The Morgan fingerprint density at radius 2 is 1.03 bits per heavy atom. The highest BCUT2D eigenvalue weighted by molar-refractivity contribution is 8.93. The van der Waals surface area contributed by atoms with Crippen molar-refractivity contribution in [3.8, 4) is 0 Å². The molecular weight excluding hydrogens is 587 g/mol. The molecule has 0 aliphatic carbocycles. The first-order chi connectivity index (χ1) is 12.5. The first kappa shape index (κ1) is 41.3. The van der Waals surface area contributed by atoms with Crippen molar-refractivity contribution in [3.05, 3.63) is 35.9 Å². The van der Waals surface area contributed by atoms with Crippen LogP contribution in [0.2, 0.25) is 0 Å². The van der Waals surface area contributed by atoms with E-state index in [9.17, 15) is 0 Å². The van der Waals surface area contributed by atoms with E-state index in [1.54, 1.807) is 0 Å². The molecule has 0 radical (unpaired) electrons. The summed E-state index contributed by atoms with van der Waals surface area (Å²) in [6.45, 7) is 3.62. The molecule has 6 heteroatoms. The quantitative estimate of drug-likeness (QED) is 0.157. The van der Waals surface area contributed by atoms with Gasteiger partial charge in [0, 0.05) is 0 Å². The lowest BCUT2D eigenvalue weighted by atomic mass is 10.1. The number of hydrogen-bond donors (Lipinski definition) is 1. The highest BCUT2D eigenvalue weighted by Crippen LogP contribution is 2.12. The summed E-state index contributed by atoms with van der Waals surface area (Å²) in [6.07, 6.45) is 18.4. The Morgan fingerprint density at radius 1 is 0.667 bits per heavy atom. The van der Waals surface area contributed by atoms with Crippen LogP contribution in [0.3, 0.4) is 0 Å². The van der Waals surface area contributed by atoms with E-state index in [1.807, 2.05) is 6.07 Å². The van der Waals surface area contributed by atoms with Crippen LogP contribution in [0.1, 0.15) is 89.5 Å². The van der Waals surface area contributed by atoms with Gasteiger partial charge in [-0.25, -0.2) is 0 Å². The van der Waals surface area contributed by atoms with Gasteiger partial charge < -0.3 is 27.6 Å². The van der Waals surface area contributed by atoms with E-state index >= 15 is 0 Å². The zero-order chi connectivity index (χ0) is 19.5. The molecule has 0 bridgehead atoms. The van der Waals surface area contributed by atoms with E-state index in [0.29, 0.717) is 0 Å². The van der Waals surface area contributed by atoms with Gasteiger partial charge in [-0.3, -0.25) is 0 Å². The zero-order valence-electron chi connectivity index (χ0n) is 20.2. The summed E-state index contributed by atoms with van der Waals surface area (Å²) in [7, 11) is 9.56. The number of unbranched alkanes of at least 4 members (excludes halogenated alkanes) is 11. The van der Waals surface area contributed by atoms with Crippen molar-refractivity contribution in [1.29, 1.82) is 0 Å². The van der Waals surface area contributed by atoms with Gasteiger partial charge >= 0.3 is 0 Å². The van der Waals surface area contributed by atoms with Gasteiger partial charge in [0.05, 0.1) is 27.7 Å². The van der Waals surface area contributed by atoms with Crippen LogP contribution < -0.4 is 23.1 Å². The summed E-state index contributed by atoms with van der Waals surface area (Å²) >= 11 is 0. The Kier molecular flexibility index (Phi) is 41.3. The van der Waals surface area contributed by atoms with Crippen molar-refractivity contribution < 1.29 is 21.5 Å². The Labute approximate surface area is 223 Å². The molecule has 0 aromatic heterocycles. The second-order valence-electron chi connectivity index (χ2n) is 8.59. The van der Waals surface area contributed by atoms with Crippen molar-refractivity contribution in [3.63, 3.8) is 0 Å². The Balaban J connectivity index is -0.000000148. The molecule has 30 heavy (non-hydrogen) atoms. The summed E-state index contributed by atoms with van der Waals surface area (Å²) < 4.78 is 1.12. The van der Waals surface area contributed by atoms with Gasteiger partial charge in [0.1, 0.15) is 0 Å². The number of nitrogens with zero attached hydrogens (tertiary/aromatic N) is 1. The first-order valence-electron chi connectivity index (χ1n) is 11.0. The van der Waals surface area contributed by atoms with E-state index < -0.39 is 0 Å². The summed E-state index contributed by atoms with van der Waals surface area (Å²) in [5, 5.41) is 0. The van der Waals surface area contributed by atoms with Crippen LogP contribution in [-0.4, -0.2) is 32.2 Å². The smallest absolute Gasteiger partial charge is 0.0780 e. The summed E-state index contributed by atoms with van der Waals surface area (Å²) in [6, 6.07) is 10.4. The van der Waals surface area contributed by atoms with Crippen LogP contribution in [-0.2, 0) is 6.16 Å². The van der Waals surface area contributed by atoms with E-state index in [4.69, 9.17) is 0 Å². The monoisotopic (exact) mass is 636 g/mol. The predicted octanol–water partition coefficient (Wildman–Crippen LogP) is 5.78. The van der Waals surface area contributed by atoms with E-state index in [1.165, 1.54) is 89.2 Å². The first-order valence-corrected chi connectivity index (χ1v) is 11.9. The standard InChI is InChI=1S/C17H38N.C7H9P.3BrH.H3N/c1-5-6-7-8-9-10-11-12-13-14-15-16-17-18(2,3)4;8-6-7-4-2-1-3-5-7;;;;/h5-17H2,1-4H3;1-5H,6,8H2;3*1H;1H3/q+1;;;;;/p-1. The van der Waals surface area contributed by atoms with E-state index in [-0.39, 0.29) is 57.1 Å². The molecule has 0 saturated heterocycles. The second kappa shape index (κ2) is 30.0. The van der Waals surface area contributed by atoms with Crippen LogP contribution in [0.4, 0.5) is 0 Å². The average molecular weight is 639 g/mol. The third kappa shape index (κ3) is 33.6. The summed E-state index contributed by atoms with van der Waals surface area (Å²) in [4.78, 5) is 0. The van der Waals surface area contributed by atoms with Gasteiger partial charge in [-0.2, -0.15) is 0 Å². The number of hydrogen-bond acceptors (Lipinski definition) is 1. The minimum Gasteiger partial charge on any atom is -1.00 e. The van der Waals surface area contributed by atoms with Crippen molar-refractivity contribution >= 4 is 43.2 Å². The van der Waals surface area contributed by atoms with Crippen LogP contribution in [0.5, 0.6) is 0 Å². The molecule has 0 spiro atoms. The van der Waals surface area contributed by atoms with Gasteiger partial charge in [-0.15, -0.1) is 43.2 Å². The SMILES string of the molecule is Br.Br.CCCCCCCCCCCCCC[N+](C)(C)C.N.PCc1ccccc1.[Br-]. The lowest BCUT2D eigenvalue weighted by molar-refractivity contribution is -0.870. The lowest BCUT2D eigenvalue weighted by Gasteiger charge is -2.23. The highest BCUT2D eigenvalue weighted by atomic mass is 79.9. The molecular formula is C24H52Br3N2P. The third-order valence-electron chi connectivity index (χ3n) is 4.76. The largest absolute Gasteiger partial charge is 1.00 e. The van der Waals surface area contributed by atoms with E-state index in [0.717, 1.165) is 10.6 Å². The molecule has 1 aromatic carbocycles. The van der Waals surface area contributed by atoms with Crippen molar-refractivity contribution in [2.45, 2.75) is 90.1 Å². The molecule has 0 saturated carbocycles. The molecule has 184 valence electrons. The molecule has 1 aromatic rings. The fourth-order valence-electron chi connectivity index (χ4n) is 3.04. The third-order valence-corrected chi connectivity index (χ3v) is 5.23. The number of benzene rings is 1. The number of halogens is 3. The summed E-state index contributed by atoms with van der Waals surface area (Å²) in [5.41, 5.74) is 1.37. The van der Waals surface area contributed by atoms with Crippen LogP contribution in [0.15, 0.2) is 30.3 Å². The number of quaternary nitrogens is 1. The molecule has 1 rings (SSSR count). The van der Waals surface area contributed by atoms with Crippen LogP contribution >= 0.6 is 43.2 Å². The molecule has 0 fully saturated rings. The van der Waals surface area contributed by atoms with E-state index in [2.05, 4.69) is 61.6 Å². The summed E-state index contributed by atoms with van der Waals surface area (Å²) in [5.74, 6) is 0. The van der Waals surface area contributed by atoms with Gasteiger partial charge in [0.25, 0.3) is 0 Å². The lowest BCUT2D eigenvalue weighted by Crippen LogP contribution is -3.00. The molecule has 0 heterocycles. The maximum Gasteiger partial charge on any atom is 0.0780 e. The minimum atomic E-state index is 0. The Bertz CT molecular complexity index is 401. The molecule has 3 N–H and O–H groups in total. The van der Waals surface area contributed by atoms with Crippen molar-refractivity contribution in [2.75, 3.05) is 27.7 Å². The minimum absolute atomic E-state index is 0. The van der Waals surface area contributed by atoms with Crippen LogP contribution in [0, 0.1) is 0 Å². The second-order valence-corrected chi connectivity index (χ2v) is 9.00. The normalized spacial score (nSPS) is 9.63. The Morgan fingerprint density at radius 3 is 1.33 bits per heavy atom. The van der Waals surface area contributed by atoms with Crippen molar-refractivity contribution in [2.24, 2.45) is 0 Å². The highest BCUT2D eigenvalue weighted by Gasteiger charge is 2.04. The van der Waals surface area contributed by atoms with Gasteiger partial charge in [-0.05, 0) is 24.6 Å². The van der Waals surface area contributed by atoms with Gasteiger partial charge in [0.15, 0.2) is 0 Å². The molecule has 1 unspecified atom stereocenters. The van der Waals surface area contributed by atoms with Crippen LogP contribution in [0.25, 0.3) is 0 Å². The molecule has 0 aliphatic rings. The molecule has 1 atom stereocenters. The fourth-order valence-corrected chi connectivity index (χ4v) is 3.31. The zero-order valence-corrected chi connectivity index (χ0v) is 26.4. The average Bonchev–Trinajstić information content (AvgIpc) is 2.63. The van der Waals surface area contributed by atoms with Gasteiger partial charge in [0.2, 0.25) is 0 Å². The maximum absolute atomic E-state index is 2.69. The maximum atomic E-state index is 2.69. The molecule has 0 amide bonds. The topological polar surface area (TPSA) is 35.0 Å². The Hall–Kier alpha value is 1.01. The molecule has 2 nitrogen and oxygen atoms in total. The number of rotatable bonds is 14. The predicted molar refractivity (Wildman–Crippen MR) is 149 cm³/mol.